The van der Waals surface area contributed by atoms with Crippen molar-refractivity contribution in [3.63, 3.8) is 0 Å². The number of Topliss-reactive ketones (excluding diaryl/α,β-unsaturated/α-hetero) is 1. The molecule has 3 nitrogen and oxygen atoms in total. The van der Waals surface area contributed by atoms with E-state index in [1.54, 1.807) is 14.2 Å². The molecule has 0 saturated carbocycles. The Labute approximate surface area is 136 Å². The minimum Gasteiger partial charge on any atom is -0.493 e. The zero-order valence-corrected chi connectivity index (χ0v) is 14.2. The fourth-order valence-electron chi connectivity index (χ4n) is 1.80. The second kappa shape index (κ2) is 7.52. The third-order valence-electron chi connectivity index (χ3n) is 2.87. The normalized spacial score (nSPS) is 10.2. The van der Waals surface area contributed by atoms with Crippen molar-refractivity contribution in [3.05, 3.63) is 52.5 Å². The van der Waals surface area contributed by atoms with Crippen LogP contribution in [-0.2, 0) is 0 Å². The Morgan fingerprint density at radius 1 is 1.10 bits per heavy atom. The number of benzene rings is 2. The van der Waals surface area contributed by atoms with Crippen molar-refractivity contribution in [1.29, 1.82) is 0 Å². The van der Waals surface area contributed by atoms with Crippen LogP contribution in [0.25, 0.3) is 0 Å². The molecule has 0 unspecified atom stereocenters. The molecule has 0 aliphatic heterocycles. The van der Waals surface area contributed by atoms with Crippen molar-refractivity contribution in [2.45, 2.75) is 4.90 Å². The van der Waals surface area contributed by atoms with Crippen LogP contribution in [0.15, 0.2) is 51.8 Å². The van der Waals surface area contributed by atoms with Crippen molar-refractivity contribution >= 4 is 33.5 Å². The Hall–Kier alpha value is -1.46. The molecule has 0 aromatic heterocycles. The highest BCUT2D eigenvalue weighted by atomic mass is 79.9. The molecule has 110 valence electrons. The first-order chi connectivity index (χ1) is 10.1. The van der Waals surface area contributed by atoms with Gasteiger partial charge in [-0.3, -0.25) is 4.79 Å². The molecule has 0 atom stereocenters. The van der Waals surface area contributed by atoms with Gasteiger partial charge in [-0.15, -0.1) is 11.8 Å². The number of rotatable bonds is 6. The molecule has 0 amide bonds. The first-order valence-electron chi connectivity index (χ1n) is 6.27. The Morgan fingerprint density at radius 3 is 2.52 bits per heavy atom. The molecule has 0 bridgehead atoms. The first-order valence-corrected chi connectivity index (χ1v) is 8.05. The molecule has 0 N–H and O–H groups in total. The predicted molar refractivity (Wildman–Crippen MR) is 88.7 cm³/mol. The Kier molecular flexibility index (Phi) is 5.70. The molecular weight excluding hydrogens is 352 g/mol. The van der Waals surface area contributed by atoms with Crippen LogP contribution in [0, 0.1) is 0 Å². The molecule has 21 heavy (non-hydrogen) atoms. The summed E-state index contributed by atoms with van der Waals surface area (Å²) in [4.78, 5) is 13.1. The summed E-state index contributed by atoms with van der Waals surface area (Å²) in [5.41, 5.74) is 0.706. The van der Waals surface area contributed by atoms with Crippen LogP contribution in [-0.4, -0.2) is 25.8 Å². The molecule has 2 aromatic carbocycles. The SMILES string of the molecule is COc1ccc(SCC(=O)c2cccc(Br)c2)cc1OC. The van der Waals surface area contributed by atoms with Crippen LogP contribution < -0.4 is 9.47 Å². The molecular formula is C16H15BrO3S. The van der Waals surface area contributed by atoms with Crippen molar-refractivity contribution in [1.82, 2.24) is 0 Å². The third kappa shape index (κ3) is 4.25. The Bertz CT molecular complexity index is 643. The van der Waals surface area contributed by atoms with Crippen LogP contribution >= 0.6 is 27.7 Å². The average molecular weight is 367 g/mol. The first kappa shape index (κ1) is 15.9. The molecule has 0 spiro atoms. The van der Waals surface area contributed by atoms with Gasteiger partial charge >= 0.3 is 0 Å². The molecule has 0 radical (unpaired) electrons. The van der Waals surface area contributed by atoms with Crippen molar-refractivity contribution in [2.24, 2.45) is 0 Å². The monoisotopic (exact) mass is 366 g/mol. The molecule has 5 heteroatoms. The highest BCUT2D eigenvalue weighted by molar-refractivity contribution is 9.10. The van der Waals surface area contributed by atoms with Gasteiger partial charge in [0.25, 0.3) is 0 Å². The lowest BCUT2D eigenvalue weighted by molar-refractivity contribution is 0.102. The van der Waals surface area contributed by atoms with Crippen molar-refractivity contribution in [2.75, 3.05) is 20.0 Å². The summed E-state index contributed by atoms with van der Waals surface area (Å²) in [5, 5.41) is 0. The molecule has 2 aromatic rings. The van der Waals surface area contributed by atoms with E-state index in [1.807, 2.05) is 42.5 Å². The average Bonchev–Trinajstić information content (AvgIpc) is 2.52. The lowest BCUT2D eigenvalue weighted by Gasteiger charge is -2.09. The van der Waals surface area contributed by atoms with Gasteiger partial charge in [-0.1, -0.05) is 28.1 Å². The summed E-state index contributed by atoms with van der Waals surface area (Å²) in [6.45, 7) is 0. The summed E-state index contributed by atoms with van der Waals surface area (Å²) in [7, 11) is 3.19. The summed E-state index contributed by atoms with van der Waals surface area (Å²) in [6, 6.07) is 13.0. The van der Waals surface area contributed by atoms with Gasteiger partial charge in [0.15, 0.2) is 17.3 Å². The van der Waals surface area contributed by atoms with E-state index >= 15 is 0 Å². The standard InChI is InChI=1S/C16H15BrO3S/c1-19-15-7-6-13(9-16(15)20-2)21-10-14(18)11-4-3-5-12(17)8-11/h3-9H,10H2,1-2H3. The van der Waals surface area contributed by atoms with E-state index < -0.39 is 0 Å². The van der Waals surface area contributed by atoms with E-state index in [2.05, 4.69) is 15.9 Å². The topological polar surface area (TPSA) is 35.5 Å². The largest absolute Gasteiger partial charge is 0.493 e. The van der Waals surface area contributed by atoms with E-state index in [0.29, 0.717) is 22.8 Å². The molecule has 0 saturated heterocycles. The highest BCUT2D eigenvalue weighted by Crippen LogP contribution is 2.32. The van der Waals surface area contributed by atoms with Crippen LogP contribution in [0.2, 0.25) is 0 Å². The summed E-state index contributed by atoms with van der Waals surface area (Å²) >= 11 is 4.85. The van der Waals surface area contributed by atoms with Crippen molar-refractivity contribution < 1.29 is 14.3 Å². The minimum absolute atomic E-state index is 0.0936. The zero-order valence-electron chi connectivity index (χ0n) is 11.8. The van der Waals surface area contributed by atoms with Crippen LogP contribution in [0.1, 0.15) is 10.4 Å². The molecule has 2 rings (SSSR count). The second-order valence-corrected chi connectivity index (χ2v) is 6.20. The van der Waals surface area contributed by atoms with Crippen LogP contribution in [0.3, 0.4) is 0 Å². The van der Waals surface area contributed by atoms with E-state index in [1.165, 1.54) is 11.8 Å². The quantitative estimate of drug-likeness (QED) is 0.559. The number of ketones is 1. The predicted octanol–water partition coefficient (Wildman–Crippen LogP) is 4.44. The fraction of sp³-hybridized carbons (Fsp3) is 0.188. The van der Waals surface area contributed by atoms with Gasteiger partial charge in [0, 0.05) is 14.9 Å². The van der Waals surface area contributed by atoms with Gasteiger partial charge in [0.05, 0.1) is 20.0 Å². The smallest absolute Gasteiger partial charge is 0.173 e. The second-order valence-electron chi connectivity index (χ2n) is 4.24. The van der Waals surface area contributed by atoms with Crippen molar-refractivity contribution in [3.8, 4) is 11.5 Å². The number of carbonyl (C=O) groups is 1. The van der Waals surface area contributed by atoms with E-state index in [-0.39, 0.29) is 5.78 Å². The van der Waals surface area contributed by atoms with Gasteiger partial charge in [-0.2, -0.15) is 0 Å². The number of ether oxygens (including phenoxy) is 2. The lowest BCUT2D eigenvalue weighted by Crippen LogP contribution is -2.02. The van der Waals surface area contributed by atoms with Crippen LogP contribution in [0.4, 0.5) is 0 Å². The van der Waals surface area contributed by atoms with Gasteiger partial charge in [-0.05, 0) is 30.3 Å². The number of halogens is 1. The number of hydrogen-bond acceptors (Lipinski definition) is 4. The summed E-state index contributed by atoms with van der Waals surface area (Å²) in [6.07, 6.45) is 0. The zero-order chi connectivity index (χ0) is 15.2. The molecule has 0 aliphatic rings. The van der Waals surface area contributed by atoms with E-state index in [0.717, 1.165) is 9.37 Å². The lowest BCUT2D eigenvalue weighted by atomic mass is 10.2. The van der Waals surface area contributed by atoms with Crippen LogP contribution in [0.5, 0.6) is 11.5 Å². The number of methoxy groups -OCH3 is 2. The Balaban J connectivity index is 2.04. The maximum absolute atomic E-state index is 12.2. The number of carbonyl (C=O) groups excluding carboxylic acids is 1. The Morgan fingerprint density at radius 2 is 1.86 bits per heavy atom. The van der Waals surface area contributed by atoms with Gasteiger partial charge in [-0.25, -0.2) is 0 Å². The molecule has 0 heterocycles. The van der Waals surface area contributed by atoms with Gasteiger partial charge in [0.2, 0.25) is 0 Å². The summed E-state index contributed by atoms with van der Waals surface area (Å²) < 4.78 is 11.4. The number of hydrogen-bond donors (Lipinski definition) is 0. The van der Waals surface area contributed by atoms with E-state index in [4.69, 9.17) is 9.47 Å². The maximum atomic E-state index is 12.2. The fourth-order valence-corrected chi connectivity index (χ4v) is 3.02. The van der Waals surface area contributed by atoms with Gasteiger partial charge < -0.3 is 9.47 Å². The van der Waals surface area contributed by atoms with Gasteiger partial charge in [0.1, 0.15) is 0 Å². The molecule has 0 aliphatic carbocycles. The minimum atomic E-state index is 0.0936. The molecule has 0 fully saturated rings. The van der Waals surface area contributed by atoms with E-state index in [9.17, 15) is 4.79 Å². The highest BCUT2D eigenvalue weighted by Gasteiger charge is 2.09. The maximum Gasteiger partial charge on any atom is 0.173 e. The number of thioether (sulfide) groups is 1. The third-order valence-corrected chi connectivity index (χ3v) is 4.36. The summed E-state index contributed by atoms with van der Waals surface area (Å²) in [5.74, 6) is 1.82.